The maximum absolute atomic E-state index is 5.82. The molecule has 0 spiro atoms. The first-order valence-electron chi connectivity index (χ1n) is 4.81. The summed E-state index contributed by atoms with van der Waals surface area (Å²) in [6.45, 7) is 10.5. The molecule has 4 N–H and O–H groups in total. The Morgan fingerprint density at radius 1 is 1.23 bits per heavy atom. The molecule has 0 saturated carbocycles. The largest absolute Gasteiger partial charge is 0.374 e. The van der Waals surface area contributed by atoms with Gasteiger partial charge >= 0.3 is 0 Å². The van der Waals surface area contributed by atoms with Crippen molar-refractivity contribution in [2.75, 3.05) is 6.61 Å². The Bertz CT molecular complexity index is 147. The third kappa shape index (κ3) is 8.22. The van der Waals surface area contributed by atoms with E-state index in [1.165, 1.54) is 0 Å². The molecule has 0 saturated heterocycles. The average Bonchev–Trinajstić information content (AvgIpc) is 1.79. The van der Waals surface area contributed by atoms with Gasteiger partial charge in [-0.3, -0.25) is 0 Å². The van der Waals surface area contributed by atoms with Crippen LogP contribution in [0.5, 0.6) is 0 Å². The summed E-state index contributed by atoms with van der Waals surface area (Å²) in [6.07, 6.45) is 0.850. The summed E-state index contributed by atoms with van der Waals surface area (Å²) in [5.41, 5.74) is 11.1. The molecule has 0 heterocycles. The van der Waals surface area contributed by atoms with E-state index in [1.54, 1.807) is 0 Å². The molecule has 0 rings (SSSR count). The molecule has 80 valence electrons. The van der Waals surface area contributed by atoms with Crippen LogP contribution < -0.4 is 11.5 Å². The maximum atomic E-state index is 5.82. The minimum Gasteiger partial charge on any atom is -0.374 e. The summed E-state index contributed by atoms with van der Waals surface area (Å²) in [5, 5.41) is 0. The highest BCUT2D eigenvalue weighted by atomic mass is 16.5. The van der Waals surface area contributed by atoms with Crippen LogP contribution >= 0.6 is 0 Å². The quantitative estimate of drug-likeness (QED) is 0.682. The van der Waals surface area contributed by atoms with E-state index < -0.39 is 0 Å². The monoisotopic (exact) mass is 188 g/mol. The molecule has 3 heteroatoms. The van der Waals surface area contributed by atoms with E-state index in [1.807, 2.05) is 34.6 Å². The maximum Gasteiger partial charge on any atom is 0.0648 e. The molecule has 1 unspecified atom stereocenters. The van der Waals surface area contributed by atoms with Crippen molar-refractivity contribution in [3.8, 4) is 0 Å². The van der Waals surface area contributed by atoms with Crippen LogP contribution in [0.25, 0.3) is 0 Å². The zero-order chi connectivity index (χ0) is 10.7. The van der Waals surface area contributed by atoms with Gasteiger partial charge in [-0.15, -0.1) is 0 Å². The highest BCUT2D eigenvalue weighted by Gasteiger charge is 2.23. The van der Waals surface area contributed by atoms with Crippen molar-refractivity contribution >= 4 is 0 Å². The molecular weight excluding hydrogens is 164 g/mol. The van der Waals surface area contributed by atoms with Crippen molar-refractivity contribution in [3.63, 3.8) is 0 Å². The van der Waals surface area contributed by atoms with Crippen LogP contribution in [0.15, 0.2) is 0 Å². The van der Waals surface area contributed by atoms with E-state index in [-0.39, 0.29) is 17.2 Å². The van der Waals surface area contributed by atoms with Crippen molar-refractivity contribution in [3.05, 3.63) is 0 Å². The van der Waals surface area contributed by atoms with Crippen LogP contribution in [0.3, 0.4) is 0 Å². The lowest BCUT2D eigenvalue weighted by atomic mass is 9.99. The van der Waals surface area contributed by atoms with Crippen LogP contribution in [-0.4, -0.2) is 23.8 Å². The van der Waals surface area contributed by atoms with Crippen LogP contribution in [-0.2, 0) is 4.74 Å². The minimum atomic E-state index is -0.269. The molecule has 1 atom stereocenters. The zero-order valence-electron chi connectivity index (χ0n) is 9.55. The zero-order valence-corrected chi connectivity index (χ0v) is 9.55. The molecule has 0 aliphatic rings. The molecule has 0 fully saturated rings. The second-order valence-corrected chi connectivity index (χ2v) is 5.22. The topological polar surface area (TPSA) is 61.3 Å². The van der Waals surface area contributed by atoms with Crippen LogP contribution in [0.4, 0.5) is 0 Å². The van der Waals surface area contributed by atoms with Gasteiger partial charge in [-0.25, -0.2) is 0 Å². The summed E-state index contributed by atoms with van der Waals surface area (Å²) >= 11 is 0. The van der Waals surface area contributed by atoms with Gasteiger partial charge in [-0.2, -0.15) is 0 Å². The molecule has 3 nitrogen and oxygen atoms in total. The van der Waals surface area contributed by atoms with Gasteiger partial charge in [0.1, 0.15) is 0 Å². The highest BCUT2D eigenvalue weighted by molar-refractivity contribution is 4.77. The third-order valence-corrected chi connectivity index (χ3v) is 1.65. The van der Waals surface area contributed by atoms with E-state index in [9.17, 15) is 0 Å². The Morgan fingerprint density at radius 3 is 2.00 bits per heavy atom. The molecule has 0 bridgehead atoms. The predicted octanol–water partition coefficient (Wildman–Crippen LogP) is 1.26. The summed E-state index contributed by atoms with van der Waals surface area (Å²) < 4.78 is 5.70. The van der Waals surface area contributed by atoms with E-state index >= 15 is 0 Å². The van der Waals surface area contributed by atoms with E-state index in [0.717, 1.165) is 6.42 Å². The Kier molecular flexibility index (Phi) is 4.36. The molecule has 13 heavy (non-hydrogen) atoms. The molecule has 0 aromatic rings. The molecule has 0 aromatic heterocycles. The standard InChI is InChI=1S/C10H24N2O/c1-8(11)6-10(4,5)13-7-9(2,3)12/h8H,6-7,11-12H2,1-5H3. The first-order chi connectivity index (χ1) is 5.62. The summed E-state index contributed by atoms with van der Waals surface area (Å²) in [6, 6.07) is 0.163. The van der Waals surface area contributed by atoms with Gasteiger partial charge in [0.15, 0.2) is 0 Å². The van der Waals surface area contributed by atoms with Gasteiger partial charge in [-0.1, -0.05) is 0 Å². The first kappa shape index (κ1) is 12.9. The third-order valence-electron chi connectivity index (χ3n) is 1.65. The fourth-order valence-corrected chi connectivity index (χ4v) is 1.22. The number of nitrogens with two attached hydrogens (primary N) is 2. The van der Waals surface area contributed by atoms with Crippen LogP contribution in [0, 0.1) is 0 Å². The van der Waals surface area contributed by atoms with Gasteiger partial charge in [0.05, 0.1) is 12.2 Å². The SMILES string of the molecule is CC(N)CC(C)(C)OCC(C)(C)N. The fourth-order valence-electron chi connectivity index (χ4n) is 1.22. The predicted molar refractivity (Wildman–Crippen MR) is 56.6 cm³/mol. The lowest BCUT2D eigenvalue weighted by molar-refractivity contribution is -0.0442. The van der Waals surface area contributed by atoms with Crippen molar-refractivity contribution in [2.45, 2.75) is 58.2 Å². The van der Waals surface area contributed by atoms with Crippen LogP contribution in [0.1, 0.15) is 41.0 Å². The molecule has 0 aliphatic heterocycles. The number of hydrogen-bond donors (Lipinski definition) is 2. The molecule has 0 aromatic carbocycles. The highest BCUT2D eigenvalue weighted by Crippen LogP contribution is 2.17. The minimum absolute atomic E-state index is 0.163. The van der Waals surface area contributed by atoms with Crippen molar-refractivity contribution in [1.82, 2.24) is 0 Å². The van der Waals surface area contributed by atoms with Gasteiger partial charge in [0, 0.05) is 11.6 Å². The summed E-state index contributed by atoms with van der Waals surface area (Å²) in [5.74, 6) is 0. The number of hydrogen-bond acceptors (Lipinski definition) is 3. The van der Waals surface area contributed by atoms with Gasteiger partial charge in [-0.05, 0) is 41.0 Å². The molecule has 0 amide bonds. The average molecular weight is 188 g/mol. The van der Waals surface area contributed by atoms with Crippen molar-refractivity contribution < 1.29 is 4.74 Å². The Balaban J connectivity index is 3.89. The second-order valence-electron chi connectivity index (χ2n) is 5.22. The molecule has 0 radical (unpaired) electrons. The number of rotatable bonds is 5. The van der Waals surface area contributed by atoms with Gasteiger partial charge < -0.3 is 16.2 Å². The Hall–Kier alpha value is -0.120. The Labute approximate surface area is 81.8 Å². The van der Waals surface area contributed by atoms with E-state index in [0.29, 0.717) is 6.61 Å². The summed E-state index contributed by atoms with van der Waals surface area (Å²) in [7, 11) is 0. The van der Waals surface area contributed by atoms with E-state index in [2.05, 4.69) is 0 Å². The van der Waals surface area contributed by atoms with Gasteiger partial charge in [0.25, 0.3) is 0 Å². The normalized spacial score (nSPS) is 15.9. The summed E-state index contributed by atoms with van der Waals surface area (Å²) in [4.78, 5) is 0. The lowest BCUT2D eigenvalue weighted by Gasteiger charge is -2.31. The molecular formula is C10H24N2O. The number of ether oxygens (including phenoxy) is 1. The first-order valence-corrected chi connectivity index (χ1v) is 4.81. The Morgan fingerprint density at radius 2 is 1.69 bits per heavy atom. The molecule has 0 aliphatic carbocycles. The van der Waals surface area contributed by atoms with Crippen LogP contribution in [0.2, 0.25) is 0 Å². The van der Waals surface area contributed by atoms with Crippen molar-refractivity contribution in [1.29, 1.82) is 0 Å². The second kappa shape index (κ2) is 4.40. The lowest BCUT2D eigenvalue weighted by Crippen LogP contribution is -2.42. The van der Waals surface area contributed by atoms with Gasteiger partial charge in [0.2, 0.25) is 0 Å². The smallest absolute Gasteiger partial charge is 0.0648 e. The van der Waals surface area contributed by atoms with Crippen molar-refractivity contribution in [2.24, 2.45) is 11.5 Å². The fraction of sp³-hybridized carbons (Fsp3) is 1.00. The van der Waals surface area contributed by atoms with E-state index in [4.69, 9.17) is 16.2 Å².